The molecule has 3 nitrogen and oxygen atoms in total. The molecule has 0 spiro atoms. The van der Waals surface area contributed by atoms with Gasteiger partial charge in [0.1, 0.15) is 5.06 Å². The summed E-state index contributed by atoms with van der Waals surface area (Å²) in [4.78, 5) is 9.88. The molecular formula is C5H9ClO3. The van der Waals surface area contributed by atoms with Crippen molar-refractivity contribution in [2.75, 3.05) is 0 Å². The Kier molecular flexibility index (Phi) is 2.94. The van der Waals surface area contributed by atoms with E-state index in [1.165, 1.54) is 6.92 Å². The van der Waals surface area contributed by atoms with E-state index in [1.54, 1.807) is 0 Å². The number of carboxylic acids is 1. The van der Waals surface area contributed by atoms with Crippen molar-refractivity contribution in [3.63, 3.8) is 0 Å². The van der Waals surface area contributed by atoms with Gasteiger partial charge in [0, 0.05) is 12.8 Å². The largest absolute Gasteiger partial charge is 0.481 e. The van der Waals surface area contributed by atoms with Crippen molar-refractivity contribution in [2.45, 2.75) is 24.8 Å². The lowest BCUT2D eigenvalue weighted by Crippen LogP contribution is -2.16. The standard InChI is InChI=1S/C5H9ClO3/c1-5(6,9)3-2-4(7)8/h9H,2-3H2,1H3,(H,7,8). The van der Waals surface area contributed by atoms with Gasteiger partial charge in [0.05, 0.1) is 0 Å². The molecule has 1 atom stereocenters. The van der Waals surface area contributed by atoms with E-state index in [0.717, 1.165) is 0 Å². The minimum absolute atomic E-state index is 0.0733. The maximum atomic E-state index is 9.88. The molecule has 1 unspecified atom stereocenters. The molecule has 0 saturated heterocycles. The van der Waals surface area contributed by atoms with Crippen LogP contribution in [0.1, 0.15) is 19.8 Å². The Balaban J connectivity index is 3.39. The second kappa shape index (κ2) is 3.03. The fraction of sp³-hybridized carbons (Fsp3) is 0.800. The van der Waals surface area contributed by atoms with E-state index in [4.69, 9.17) is 21.8 Å². The van der Waals surface area contributed by atoms with Crippen LogP contribution in [0.5, 0.6) is 0 Å². The number of hydrogen-bond acceptors (Lipinski definition) is 2. The van der Waals surface area contributed by atoms with Crippen LogP contribution < -0.4 is 0 Å². The SMILES string of the molecule is CC(O)(Cl)CCC(=O)O. The van der Waals surface area contributed by atoms with Crippen LogP contribution >= 0.6 is 11.6 Å². The van der Waals surface area contributed by atoms with Gasteiger partial charge in [-0.2, -0.15) is 0 Å². The fourth-order valence-electron chi connectivity index (χ4n) is 0.335. The Morgan fingerprint density at radius 1 is 1.78 bits per heavy atom. The van der Waals surface area contributed by atoms with Gasteiger partial charge in [0.15, 0.2) is 0 Å². The first-order chi connectivity index (χ1) is 3.92. The maximum Gasteiger partial charge on any atom is 0.303 e. The molecule has 0 saturated carbocycles. The van der Waals surface area contributed by atoms with Crippen LogP contribution in [0.4, 0.5) is 0 Å². The van der Waals surface area contributed by atoms with Crippen molar-refractivity contribution in [3.8, 4) is 0 Å². The van der Waals surface area contributed by atoms with E-state index in [-0.39, 0.29) is 12.8 Å². The Morgan fingerprint density at radius 2 is 2.22 bits per heavy atom. The number of carboxylic acid groups (broad SMARTS) is 1. The summed E-state index contributed by atoms with van der Waals surface area (Å²) in [6.07, 6.45) is -0.0274. The van der Waals surface area contributed by atoms with E-state index in [1.807, 2.05) is 0 Å². The molecule has 4 heteroatoms. The van der Waals surface area contributed by atoms with Gasteiger partial charge in [-0.1, -0.05) is 11.6 Å². The first kappa shape index (κ1) is 8.72. The van der Waals surface area contributed by atoms with Gasteiger partial charge in [-0.3, -0.25) is 4.79 Å². The second-order valence-corrected chi connectivity index (χ2v) is 2.85. The second-order valence-electron chi connectivity index (χ2n) is 2.04. The van der Waals surface area contributed by atoms with Crippen LogP contribution in [0, 0.1) is 0 Å². The average Bonchev–Trinajstić information content (AvgIpc) is 1.59. The predicted octanol–water partition coefficient (Wildman–Crippen LogP) is 0.798. The molecule has 0 rings (SSSR count). The van der Waals surface area contributed by atoms with Crippen molar-refractivity contribution in [1.82, 2.24) is 0 Å². The monoisotopic (exact) mass is 152 g/mol. The Bertz CT molecular complexity index is 105. The Hall–Kier alpha value is -0.280. The third-order valence-electron chi connectivity index (χ3n) is 0.795. The lowest BCUT2D eigenvalue weighted by Gasteiger charge is -2.11. The quantitative estimate of drug-likeness (QED) is 0.588. The smallest absolute Gasteiger partial charge is 0.303 e. The van der Waals surface area contributed by atoms with E-state index >= 15 is 0 Å². The van der Waals surface area contributed by atoms with Gasteiger partial charge in [0.25, 0.3) is 0 Å². The molecule has 0 aromatic heterocycles. The molecule has 0 bridgehead atoms. The number of alkyl halides is 1. The highest BCUT2D eigenvalue weighted by atomic mass is 35.5. The average molecular weight is 153 g/mol. The summed E-state index contributed by atoms with van der Waals surface area (Å²) in [6, 6.07) is 0. The normalized spacial score (nSPS) is 16.8. The molecule has 0 fully saturated rings. The highest BCUT2D eigenvalue weighted by Crippen LogP contribution is 2.15. The number of hydrogen-bond donors (Lipinski definition) is 2. The summed E-state index contributed by atoms with van der Waals surface area (Å²) < 4.78 is 0. The summed E-state index contributed by atoms with van der Waals surface area (Å²) in [7, 11) is 0. The molecule has 0 radical (unpaired) electrons. The number of aliphatic hydroxyl groups is 1. The van der Waals surface area contributed by atoms with Crippen LogP contribution in [0.15, 0.2) is 0 Å². The van der Waals surface area contributed by atoms with Gasteiger partial charge in [-0.25, -0.2) is 0 Å². The van der Waals surface area contributed by atoms with E-state index in [2.05, 4.69) is 0 Å². The van der Waals surface area contributed by atoms with E-state index in [9.17, 15) is 4.79 Å². The van der Waals surface area contributed by atoms with E-state index < -0.39 is 11.0 Å². The van der Waals surface area contributed by atoms with Crippen molar-refractivity contribution < 1.29 is 15.0 Å². The molecule has 0 amide bonds. The highest BCUT2D eigenvalue weighted by Gasteiger charge is 2.16. The lowest BCUT2D eigenvalue weighted by atomic mass is 10.2. The van der Waals surface area contributed by atoms with Gasteiger partial charge in [-0.15, -0.1) is 0 Å². The lowest BCUT2D eigenvalue weighted by molar-refractivity contribution is -0.137. The van der Waals surface area contributed by atoms with Crippen molar-refractivity contribution >= 4 is 17.6 Å². The molecule has 0 heterocycles. The molecule has 2 N–H and O–H groups in total. The third kappa shape index (κ3) is 7.72. The number of rotatable bonds is 3. The van der Waals surface area contributed by atoms with Crippen LogP contribution in [0.25, 0.3) is 0 Å². The molecule has 0 aliphatic carbocycles. The molecular weight excluding hydrogens is 144 g/mol. The van der Waals surface area contributed by atoms with Crippen LogP contribution in [-0.2, 0) is 4.79 Å². The zero-order chi connectivity index (χ0) is 7.49. The maximum absolute atomic E-state index is 9.88. The van der Waals surface area contributed by atoms with Gasteiger partial charge in [-0.05, 0) is 6.92 Å². The minimum Gasteiger partial charge on any atom is -0.481 e. The third-order valence-corrected chi connectivity index (χ3v) is 0.984. The van der Waals surface area contributed by atoms with Gasteiger partial charge < -0.3 is 10.2 Å². The Morgan fingerprint density at radius 3 is 2.33 bits per heavy atom. The first-order valence-corrected chi connectivity index (χ1v) is 2.93. The van der Waals surface area contributed by atoms with Crippen LogP contribution in [0.2, 0.25) is 0 Å². The molecule has 9 heavy (non-hydrogen) atoms. The highest BCUT2D eigenvalue weighted by molar-refractivity contribution is 6.22. The molecule has 54 valence electrons. The van der Waals surface area contributed by atoms with Gasteiger partial charge in [0.2, 0.25) is 0 Å². The topological polar surface area (TPSA) is 57.5 Å². The molecule has 0 aromatic carbocycles. The zero-order valence-corrected chi connectivity index (χ0v) is 5.85. The summed E-state index contributed by atoms with van der Waals surface area (Å²) in [5.74, 6) is -0.948. The number of carbonyl (C=O) groups is 1. The summed E-state index contributed by atoms with van der Waals surface area (Å²) >= 11 is 5.27. The summed E-state index contributed by atoms with van der Waals surface area (Å²) in [6.45, 7) is 1.36. The van der Waals surface area contributed by atoms with Crippen LogP contribution in [-0.4, -0.2) is 21.2 Å². The Labute approximate surface area is 58.3 Å². The summed E-state index contributed by atoms with van der Waals surface area (Å²) in [5, 5.41) is 15.5. The summed E-state index contributed by atoms with van der Waals surface area (Å²) in [5.41, 5.74) is 0. The predicted molar refractivity (Wildman–Crippen MR) is 33.3 cm³/mol. The van der Waals surface area contributed by atoms with Crippen molar-refractivity contribution in [2.24, 2.45) is 0 Å². The van der Waals surface area contributed by atoms with Crippen molar-refractivity contribution in [1.29, 1.82) is 0 Å². The zero-order valence-electron chi connectivity index (χ0n) is 5.09. The number of halogens is 1. The van der Waals surface area contributed by atoms with E-state index in [0.29, 0.717) is 0 Å². The number of aliphatic carboxylic acids is 1. The molecule has 0 aliphatic rings. The van der Waals surface area contributed by atoms with Gasteiger partial charge >= 0.3 is 5.97 Å². The minimum atomic E-state index is -1.38. The molecule has 0 aromatic rings. The first-order valence-electron chi connectivity index (χ1n) is 2.55. The fourth-order valence-corrected chi connectivity index (χ4v) is 0.430. The van der Waals surface area contributed by atoms with Crippen LogP contribution in [0.3, 0.4) is 0 Å². The van der Waals surface area contributed by atoms with Crippen molar-refractivity contribution in [3.05, 3.63) is 0 Å². The molecule has 0 aliphatic heterocycles.